The molecule has 4 aromatic carbocycles. The monoisotopic (exact) mass is 369 g/mol. The minimum Gasteiger partial charge on any atom is -0.507 e. The molecule has 0 aliphatic heterocycles. The highest BCUT2D eigenvalue weighted by molar-refractivity contribution is 5.97. The Morgan fingerprint density at radius 3 is 2.29 bits per heavy atom. The highest BCUT2D eigenvalue weighted by Crippen LogP contribution is 2.32. The lowest BCUT2D eigenvalue weighted by Crippen LogP contribution is -1.89. The average Bonchev–Trinajstić information content (AvgIpc) is 2.75. The molecule has 28 heavy (non-hydrogen) atoms. The molecular formula is C24H19NO3. The number of nitrogens with zero attached hydrogens (tertiary/aromatic N) is 1. The number of aromatic hydroxyl groups is 1. The minimum atomic E-state index is 0.234. The summed E-state index contributed by atoms with van der Waals surface area (Å²) >= 11 is 0. The summed E-state index contributed by atoms with van der Waals surface area (Å²) in [5.74, 6) is 2.26. The van der Waals surface area contributed by atoms with Crippen LogP contribution >= 0.6 is 0 Å². The number of benzene rings is 4. The maximum atomic E-state index is 10.5. The van der Waals surface area contributed by atoms with Gasteiger partial charge in [0.15, 0.2) is 11.5 Å². The first-order valence-corrected chi connectivity index (χ1v) is 8.90. The van der Waals surface area contributed by atoms with Crippen LogP contribution in [0.5, 0.6) is 23.0 Å². The second-order valence-corrected chi connectivity index (χ2v) is 6.23. The van der Waals surface area contributed by atoms with Crippen LogP contribution < -0.4 is 9.47 Å². The van der Waals surface area contributed by atoms with Crippen molar-refractivity contribution in [3.8, 4) is 23.0 Å². The number of ether oxygens (including phenoxy) is 2. The van der Waals surface area contributed by atoms with Crippen LogP contribution in [0.2, 0.25) is 0 Å². The van der Waals surface area contributed by atoms with E-state index in [9.17, 15) is 5.11 Å². The van der Waals surface area contributed by atoms with Gasteiger partial charge in [-0.25, -0.2) is 0 Å². The van der Waals surface area contributed by atoms with Crippen molar-refractivity contribution in [2.75, 3.05) is 7.11 Å². The van der Waals surface area contributed by atoms with Gasteiger partial charge in [-0.2, -0.15) is 0 Å². The van der Waals surface area contributed by atoms with E-state index in [4.69, 9.17) is 9.47 Å². The van der Waals surface area contributed by atoms with Crippen LogP contribution in [0.4, 0.5) is 5.69 Å². The Morgan fingerprint density at radius 2 is 1.50 bits per heavy atom. The Morgan fingerprint density at radius 1 is 0.786 bits per heavy atom. The highest BCUT2D eigenvalue weighted by Gasteiger charge is 2.05. The molecule has 138 valence electrons. The number of fused-ring (bicyclic) bond motifs is 1. The van der Waals surface area contributed by atoms with Crippen LogP contribution in [0.1, 0.15) is 5.56 Å². The topological polar surface area (TPSA) is 51.0 Å². The number of phenolic OH excluding ortho intramolecular Hbond substituents is 1. The lowest BCUT2D eigenvalue weighted by molar-refractivity contribution is 0.379. The van der Waals surface area contributed by atoms with Crippen molar-refractivity contribution in [2.45, 2.75) is 0 Å². The van der Waals surface area contributed by atoms with Crippen molar-refractivity contribution in [3.05, 3.63) is 90.5 Å². The normalized spacial score (nSPS) is 11.0. The van der Waals surface area contributed by atoms with Crippen LogP contribution in [-0.2, 0) is 0 Å². The van der Waals surface area contributed by atoms with Gasteiger partial charge in [0, 0.05) is 17.2 Å². The van der Waals surface area contributed by atoms with E-state index in [2.05, 4.69) is 4.99 Å². The van der Waals surface area contributed by atoms with Crippen molar-refractivity contribution in [3.63, 3.8) is 0 Å². The third-order valence-electron chi connectivity index (χ3n) is 4.42. The van der Waals surface area contributed by atoms with Gasteiger partial charge in [0.1, 0.15) is 11.5 Å². The molecule has 4 nitrogen and oxygen atoms in total. The van der Waals surface area contributed by atoms with Crippen molar-refractivity contribution in [2.24, 2.45) is 4.99 Å². The van der Waals surface area contributed by atoms with E-state index >= 15 is 0 Å². The van der Waals surface area contributed by atoms with Gasteiger partial charge in [-0.05, 0) is 47.9 Å². The predicted molar refractivity (Wildman–Crippen MR) is 112 cm³/mol. The van der Waals surface area contributed by atoms with Gasteiger partial charge in [-0.1, -0.05) is 42.5 Å². The number of rotatable bonds is 5. The lowest BCUT2D eigenvalue weighted by Gasteiger charge is -2.09. The molecule has 0 aliphatic rings. The van der Waals surface area contributed by atoms with Crippen LogP contribution in [0, 0.1) is 0 Å². The van der Waals surface area contributed by atoms with E-state index in [0.717, 1.165) is 16.5 Å². The quantitative estimate of drug-likeness (QED) is 0.433. The fourth-order valence-corrected chi connectivity index (χ4v) is 2.95. The zero-order valence-electron chi connectivity index (χ0n) is 15.4. The summed E-state index contributed by atoms with van der Waals surface area (Å²) < 4.78 is 11.2. The summed E-state index contributed by atoms with van der Waals surface area (Å²) in [5, 5.41) is 12.3. The molecule has 0 unspecified atom stereocenters. The maximum absolute atomic E-state index is 10.5. The van der Waals surface area contributed by atoms with Gasteiger partial charge in [-0.15, -0.1) is 0 Å². The molecule has 4 rings (SSSR count). The molecule has 0 fully saturated rings. The van der Waals surface area contributed by atoms with E-state index in [1.54, 1.807) is 13.3 Å². The van der Waals surface area contributed by atoms with Gasteiger partial charge < -0.3 is 14.6 Å². The van der Waals surface area contributed by atoms with Crippen LogP contribution in [0.25, 0.3) is 10.8 Å². The average molecular weight is 369 g/mol. The number of hydrogen-bond acceptors (Lipinski definition) is 4. The summed E-state index contributed by atoms with van der Waals surface area (Å²) in [6, 6.07) is 26.5. The van der Waals surface area contributed by atoms with Crippen molar-refractivity contribution in [1.29, 1.82) is 0 Å². The molecule has 0 amide bonds. The first-order chi connectivity index (χ1) is 13.7. The molecule has 0 bridgehead atoms. The molecule has 0 aromatic heterocycles. The molecule has 0 radical (unpaired) electrons. The number of para-hydroxylation sites is 2. The molecule has 0 saturated heterocycles. The standard InChI is InChI=1S/C24H19NO3/c1-27-22-8-4-5-9-23(22)28-20-14-12-19(13-15-20)25-16-18-11-10-17-6-2-3-7-21(17)24(18)26/h2-16,26H,1H3. The van der Waals surface area contributed by atoms with E-state index in [1.807, 2.05) is 84.9 Å². The second-order valence-electron chi connectivity index (χ2n) is 6.23. The van der Waals surface area contributed by atoms with Gasteiger partial charge in [0.25, 0.3) is 0 Å². The SMILES string of the molecule is COc1ccccc1Oc1ccc(N=Cc2ccc3ccccc3c2O)cc1. The summed E-state index contributed by atoms with van der Waals surface area (Å²) in [6.07, 6.45) is 1.66. The van der Waals surface area contributed by atoms with Crippen LogP contribution in [0.15, 0.2) is 89.9 Å². The Labute approximate surface area is 163 Å². The fraction of sp³-hybridized carbons (Fsp3) is 0.0417. The summed E-state index contributed by atoms with van der Waals surface area (Å²) in [4.78, 5) is 4.46. The van der Waals surface area contributed by atoms with Gasteiger partial charge in [0.2, 0.25) is 0 Å². The van der Waals surface area contributed by atoms with E-state index < -0.39 is 0 Å². The van der Waals surface area contributed by atoms with E-state index in [-0.39, 0.29) is 5.75 Å². The van der Waals surface area contributed by atoms with E-state index in [1.165, 1.54) is 0 Å². The molecule has 0 heterocycles. The van der Waals surface area contributed by atoms with Gasteiger partial charge in [-0.3, -0.25) is 4.99 Å². The number of aliphatic imine (C=N–C) groups is 1. The molecule has 0 aliphatic carbocycles. The summed E-state index contributed by atoms with van der Waals surface area (Å²) in [6.45, 7) is 0. The van der Waals surface area contributed by atoms with Crippen molar-refractivity contribution in [1.82, 2.24) is 0 Å². The highest BCUT2D eigenvalue weighted by atomic mass is 16.5. The second kappa shape index (κ2) is 7.84. The zero-order chi connectivity index (χ0) is 19.3. The Bertz CT molecular complexity index is 1130. The minimum absolute atomic E-state index is 0.234. The largest absolute Gasteiger partial charge is 0.507 e. The van der Waals surface area contributed by atoms with Crippen LogP contribution in [0.3, 0.4) is 0 Å². The fourth-order valence-electron chi connectivity index (χ4n) is 2.95. The first-order valence-electron chi connectivity index (χ1n) is 8.90. The number of methoxy groups -OCH3 is 1. The smallest absolute Gasteiger partial charge is 0.169 e. The molecule has 0 atom stereocenters. The third-order valence-corrected chi connectivity index (χ3v) is 4.42. The Hall–Kier alpha value is -3.79. The Kier molecular flexibility index (Phi) is 4.93. The molecule has 0 saturated carbocycles. The molecule has 1 N–H and O–H groups in total. The lowest BCUT2D eigenvalue weighted by atomic mass is 10.1. The predicted octanol–water partition coefficient (Wildman–Crippen LogP) is 6.10. The molecule has 4 heteroatoms. The van der Waals surface area contributed by atoms with E-state index in [0.29, 0.717) is 22.8 Å². The summed E-state index contributed by atoms with van der Waals surface area (Å²) in [7, 11) is 1.61. The molecule has 4 aromatic rings. The Balaban J connectivity index is 1.52. The number of phenols is 1. The summed E-state index contributed by atoms with van der Waals surface area (Å²) in [5.41, 5.74) is 1.44. The van der Waals surface area contributed by atoms with Gasteiger partial charge in [0.05, 0.1) is 12.8 Å². The third kappa shape index (κ3) is 3.67. The first kappa shape index (κ1) is 17.6. The number of hydrogen-bond donors (Lipinski definition) is 1. The van der Waals surface area contributed by atoms with Crippen molar-refractivity contribution >= 4 is 22.7 Å². The van der Waals surface area contributed by atoms with Crippen molar-refractivity contribution < 1.29 is 14.6 Å². The van der Waals surface area contributed by atoms with Gasteiger partial charge >= 0.3 is 0 Å². The van der Waals surface area contributed by atoms with Crippen LogP contribution in [-0.4, -0.2) is 18.4 Å². The maximum Gasteiger partial charge on any atom is 0.169 e. The molecular weight excluding hydrogens is 350 g/mol. The zero-order valence-corrected chi connectivity index (χ0v) is 15.4. The molecule has 0 spiro atoms.